The number of aryl methyl sites for hydroxylation is 1. The lowest BCUT2D eigenvalue weighted by atomic mass is 9.96. The summed E-state index contributed by atoms with van der Waals surface area (Å²) in [6, 6.07) is 6.96. The average molecular weight is 402 g/mol. The maximum Gasteiger partial charge on any atom is 0.228 e. The predicted molar refractivity (Wildman–Crippen MR) is 106 cm³/mol. The second kappa shape index (κ2) is 9.56. The molecule has 1 aliphatic heterocycles. The molecule has 29 heavy (non-hydrogen) atoms. The van der Waals surface area contributed by atoms with Crippen molar-refractivity contribution < 1.29 is 18.4 Å². The molecule has 0 radical (unpaired) electrons. The van der Waals surface area contributed by atoms with Gasteiger partial charge >= 0.3 is 0 Å². The van der Waals surface area contributed by atoms with E-state index >= 15 is 0 Å². The molecule has 1 aromatic heterocycles. The number of piperidine rings is 1. The van der Waals surface area contributed by atoms with E-state index in [1.54, 1.807) is 6.20 Å². The maximum absolute atomic E-state index is 13.2. The van der Waals surface area contributed by atoms with Gasteiger partial charge in [-0.2, -0.15) is 0 Å². The van der Waals surface area contributed by atoms with Gasteiger partial charge in [0.1, 0.15) is 5.82 Å². The van der Waals surface area contributed by atoms with Gasteiger partial charge in [-0.25, -0.2) is 13.8 Å². The summed E-state index contributed by atoms with van der Waals surface area (Å²) in [7, 11) is 0. The number of hydrogen-bond acceptors (Lipinski definition) is 4. The number of nitrogens with zero attached hydrogens (tertiary/aromatic N) is 2. The van der Waals surface area contributed by atoms with Crippen molar-refractivity contribution in [1.29, 1.82) is 0 Å². The van der Waals surface area contributed by atoms with Gasteiger partial charge in [0, 0.05) is 36.8 Å². The van der Waals surface area contributed by atoms with Crippen LogP contribution in [-0.2, 0) is 9.59 Å². The smallest absolute Gasteiger partial charge is 0.228 e. The molecule has 2 amide bonds. The first-order valence-electron chi connectivity index (χ1n) is 9.61. The van der Waals surface area contributed by atoms with E-state index in [1.165, 1.54) is 6.07 Å². The SMILES string of the molecule is Cc1ccnc(NC(=O)C2CCN(CCC(=O)Nc3ccc(F)c(F)c3)CC2)c1. The van der Waals surface area contributed by atoms with Crippen LogP contribution in [0.4, 0.5) is 20.3 Å². The molecule has 2 N–H and O–H groups in total. The Hall–Kier alpha value is -2.87. The quantitative estimate of drug-likeness (QED) is 0.777. The van der Waals surface area contributed by atoms with Crippen LogP contribution in [0.1, 0.15) is 24.8 Å². The van der Waals surface area contributed by atoms with E-state index in [0.29, 0.717) is 25.2 Å². The highest BCUT2D eigenvalue weighted by Crippen LogP contribution is 2.20. The molecular formula is C21H24F2N4O2. The Balaban J connectivity index is 1.39. The molecule has 0 saturated carbocycles. The molecule has 0 unspecified atom stereocenters. The predicted octanol–water partition coefficient (Wildman–Crippen LogP) is 3.35. The third-order valence-electron chi connectivity index (χ3n) is 4.98. The highest BCUT2D eigenvalue weighted by atomic mass is 19.2. The van der Waals surface area contributed by atoms with E-state index in [0.717, 1.165) is 30.8 Å². The number of nitrogens with one attached hydrogen (secondary N) is 2. The van der Waals surface area contributed by atoms with Crippen molar-refractivity contribution in [3.8, 4) is 0 Å². The first kappa shape index (κ1) is 20.9. The highest BCUT2D eigenvalue weighted by molar-refractivity contribution is 5.92. The van der Waals surface area contributed by atoms with Gasteiger partial charge in [0.15, 0.2) is 11.6 Å². The first-order chi connectivity index (χ1) is 13.9. The fraction of sp³-hybridized carbons (Fsp3) is 0.381. The van der Waals surface area contributed by atoms with Gasteiger partial charge in [-0.15, -0.1) is 0 Å². The van der Waals surface area contributed by atoms with E-state index in [9.17, 15) is 18.4 Å². The van der Waals surface area contributed by atoms with E-state index < -0.39 is 11.6 Å². The summed E-state index contributed by atoms with van der Waals surface area (Å²) in [5.74, 6) is -1.76. The van der Waals surface area contributed by atoms with Crippen LogP contribution >= 0.6 is 0 Å². The summed E-state index contributed by atoms with van der Waals surface area (Å²) in [6.45, 7) is 3.93. The minimum Gasteiger partial charge on any atom is -0.326 e. The van der Waals surface area contributed by atoms with Crippen molar-refractivity contribution in [3.63, 3.8) is 0 Å². The standard InChI is InChI=1S/C21H24F2N4O2/c1-14-4-8-24-19(12-14)26-21(29)15-5-9-27(10-6-15)11-7-20(28)25-16-2-3-17(22)18(23)13-16/h2-4,8,12-13,15H,5-7,9-11H2,1H3,(H,25,28)(H,24,26,29). The van der Waals surface area contributed by atoms with Gasteiger partial charge in [0.05, 0.1) is 0 Å². The summed E-state index contributed by atoms with van der Waals surface area (Å²) in [6.07, 6.45) is 3.33. The number of carbonyl (C=O) groups excluding carboxylic acids is 2. The lowest BCUT2D eigenvalue weighted by Crippen LogP contribution is -2.39. The molecule has 1 aliphatic rings. The summed E-state index contributed by atoms with van der Waals surface area (Å²) in [5.41, 5.74) is 1.26. The zero-order valence-electron chi connectivity index (χ0n) is 16.3. The van der Waals surface area contributed by atoms with Crippen LogP contribution in [0.15, 0.2) is 36.5 Å². The molecule has 1 saturated heterocycles. The van der Waals surface area contributed by atoms with Crippen LogP contribution in [0.2, 0.25) is 0 Å². The normalized spacial score (nSPS) is 15.1. The second-order valence-corrected chi connectivity index (χ2v) is 7.25. The molecular weight excluding hydrogens is 378 g/mol. The van der Waals surface area contributed by atoms with E-state index in [-0.39, 0.29) is 29.8 Å². The molecule has 154 valence electrons. The Kier molecular flexibility index (Phi) is 6.87. The highest BCUT2D eigenvalue weighted by Gasteiger charge is 2.25. The first-order valence-corrected chi connectivity index (χ1v) is 9.61. The number of pyridine rings is 1. The zero-order valence-corrected chi connectivity index (χ0v) is 16.3. The van der Waals surface area contributed by atoms with Gasteiger partial charge in [-0.3, -0.25) is 9.59 Å². The monoisotopic (exact) mass is 402 g/mol. The molecule has 1 aromatic carbocycles. The molecule has 0 spiro atoms. The molecule has 0 bridgehead atoms. The zero-order chi connectivity index (χ0) is 20.8. The second-order valence-electron chi connectivity index (χ2n) is 7.25. The number of aromatic nitrogens is 1. The number of amides is 2. The van der Waals surface area contributed by atoms with Crippen LogP contribution in [0.25, 0.3) is 0 Å². The molecule has 6 nitrogen and oxygen atoms in total. The lowest BCUT2D eigenvalue weighted by molar-refractivity contribution is -0.121. The molecule has 8 heteroatoms. The Morgan fingerprint density at radius 1 is 1.10 bits per heavy atom. The third kappa shape index (κ3) is 6.05. The Labute approximate surface area is 168 Å². The summed E-state index contributed by atoms with van der Waals surface area (Å²) in [4.78, 5) is 30.7. The number of likely N-dealkylation sites (tertiary alicyclic amines) is 1. The fourth-order valence-corrected chi connectivity index (χ4v) is 3.31. The van der Waals surface area contributed by atoms with Crippen LogP contribution in [0, 0.1) is 24.5 Å². The summed E-state index contributed by atoms with van der Waals surface area (Å²) in [5, 5.41) is 5.43. The minimum absolute atomic E-state index is 0.0289. The van der Waals surface area contributed by atoms with E-state index in [4.69, 9.17) is 0 Å². The largest absolute Gasteiger partial charge is 0.326 e. The van der Waals surface area contributed by atoms with Crippen LogP contribution in [-0.4, -0.2) is 41.3 Å². The van der Waals surface area contributed by atoms with Gasteiger partial charge in [0.2, 0.25) is 11.8 Å². The van der Waals surface area contributed by atoms with Crippen LogP contribution in [0.5, 0.6) is 0 Å². The molecule has 0 aliphatic carbocycles. The number of rotatable bonds is 6. The number of anilines is 2. The van der Waals surface area contributed by atoms with Crippen molar-refractivity contribution in [1.82, 2.24) is 9.88 Å². The maximum atomic E-state index is 13.2. The van der Waals surface area contributed by atoms with Crippen LogP contribution < -0.4 is 10.6 Å². The fourth-order valence-electron chi connectivity index (χ4n) is 3.31. The lowest BCUT2D eigenvalue weighted by Gasteiger charge is -2.31. The molecule has 2 heterocycles. The van der Waals surface area contributed by atoms with Crippen molar-refractivity contribution in [3.05, 3.63) is 53.7 Å². The van der Waals surface area contributed by atoms with E-state index in [1.807, 2.05) is 19.1 Å². The molecule has 2 aromatic rings. The molecule has 1 fully saturated rings. The van der Waals surface area contributed by atoms with Crippen molar-refractivity contribution >= 4 is 23.3 Å². The number of benzene rings is 1. The van der Waals surface area contributed by atoms with Crippen molar-refractivity contribution in [2.24, 2.45) is 5.92 Å². The van der Waals surface area contributed by atoms with Gasteiger partial charge in [-0.05, 0) is 62.7 Å². The molecule has 0 atom stereocenters. The summed E-state index contributed by atoms with van der Waals surface area (Å²) < 4.78 is 26.1. The van der Waals surface area contributed by atoms with Crippen LogP contribution in [0.3, 0.4) is 0 Å². The van der Waals surface area contributed by atoms with Crippen molar-refractivity contribution in [2.45, 2.75) is 26.2 Å². The topological polar surface area (TPSA) is 74.3 Å². The number of halogens is 2. The van der Waals surface area contributed by atoms with Gasteiger partial charge < -0.3 is 15.5 Å². The Morgan fingerprint density at radius 2 is 1.86 bits per heavy atom. The molecule has 3 rings (SSSR count). The Bertz CT molecular complexity index is 883. The average Bonchev–Trinajstić information content (AvgIpc) is 2.69. The van der Waals surface area contributed by atoms with Gasteiger partial charge in [-0.1, -0.05) is 0 Å². The minimum atomic E-state index is -0.996. The van der Waals surface area contributed by atoms with E-state index in [2.05, 4.69) is 20.5 Å². The Morgan fingerprint density at radius 3 is 2.55 bits per heavy atom. The van der Waals surface area contributed by atoms with Gasteiger partial charge in [0.25, 0.3) is 0 Å². The third-order valence-corrected chi connectivity index (χ3v) is 4.98. The number of carbonyl (C=O) groups is 2. The number of hydrogen-bond donors (Lipinski definition) is 2. The van der Waals surface area contributed by atoms with Crippen molar-refractivity contribution in [2.75, 3.05) is 30.3 Å². The summed E-state index contributed by atoms with van der Waals surface area (Å²) >= 11 is 0.